The fraction of sp³-hybridized carbons (Fsp3) is 0.143. The predicted molar refractivity (Wildman–Crippen MR) is 67.1 cm³/mol. The van der Waals surface area contributed by atoms with Gasteiger partial charge in [-0.3, -0.25) is 0 Å². The monoisotopic (exact) mass is 228 g/mol. The quantitative estimate of drug-likeness (QED) is 0.760. The average Bonchev–Trinajstić information content (AvgIpc) is 2.72. The molecular formula is C14H13FN2. The van der Waals surface area contributed by atoms with Crippen LogP contribution in [0.4, 0.5) is 15.8 Å². The first-order valence-electron chi connectivity index (χ1n) is 5.60. The van der Waals surface area contributed by atoms with Gasteiger partial charge in [-0.1, -0.05) is 6.07 Å². The van der Waals surface area contributed by atoms with Crippen LogP contribution in [0.5, 0.6) is 0 Å². The summed E-state index contributed by atoms with van der Waals surface area (Å²) in [5.74, 6) is -0.199. The van der Waals surface area contributed by atoms with Crippen LogP contribution in [0.2, 0.25) is 0 Å². The van der Waals surface area contributed by atoms with Crippen LogP contribution in [-0.2, 0) is 13.1 Å². The van der Waals surface area contributed by atoms with Crippen LogP contribution < -0.4 is 10.6 Å². The summed E-state index contributed by atoms with van der Waals surface area (Å²) in [6.45, 7) is 1.70. The van der Waals surface area contributed by atoms with E-state index >= 15 is 0 Å². The van der Waals surface area contributed by atoms with E-state index in [0.717, 1.165) is 24.5 Å². The molecule has 0 atom stereocenters. The molecule has 0 saturated carbocycles. The average molecular weight is 228 g/mol. The maximum absolute atomic E-state index is 12.9. The summed E-state index contributed by atoms with van der Waals surface area (Å²) in [6.07, 6.45) is 0. The van der Waals surface area contributed by atoms with Crippen LogP contribution in [0, 0.1) is 5.82 Å². The third kappa shape index (κ3) is 1.84. The molecule has 0 fully saturated rings. The molecule has 3 heteroatoms. The van der Waals surface area contributed by atoms with Gasteiger partial charge in [0.25, 0.3) is 0 Å². The highest BCUT2D eigenvalue weighted by molar-refractivity contribution is 5.55. The zero-order valence-electron chi connectivity index (χ0n) is 9.36. The van der Waals surface area contributed by atoms with Crippen LogP contribution in [0.25, 0.3) is 0 Å². The molecule has 0 spiro atoms. The summed E-state index contributed by atoms with van der Waals surface area (Å²) in [7, 11) is 0. The Labute approximate surface area is 99.5 Å². The van der Waals surface area contributed by atoms with Crippen molar-refractivity contribution < 1.29 is 4.39 Å². The van der Waals surface area contributed by atoms with Gasteiger partial charge in [-0.2, -0.15) is 0 Å². The van der Waals surface area contributed by atoms with Gasteiger partial charge in [0.15, 0.2) is 0 Å². The molecule has 86 valence electrons. The number of benzene rings is 2. The molecule has 3 rings (SSSR count). The summed E-state index contributed by atoms with van der Waals surface area (Å²) in [6, 6.07) is 12.6. The van der Waals surface area contributed by atoms with Gasteiger partial charge >= 0.3 is 0 Å². The summed E-state index contributed by atoms with van der Waals surface area (Å²) in [5.41, 5.74) is 10.2. The van der Waals surface area contributed by atoms with Gasteiger partial charge in [-0.05, 0) is 47.5 Å². The minimum absolute atomic E-state index is 0.199. The van der Waals surface area contributed by atoms with Gasteiger partial charge in [-0.15, -0.1) is 0 Å². The minimum Gasteiger partial charge on any atom is -0.399 e. The molecule has 2 aromatic rings. The van der Waals surface area contributed by atoms with Gasteiger partial charge in [0.1, 0.15) is 5.82 Å². The highest BCUT2D eigenvalue weighted by Crippen LogP contribution is 2.29. The lowest BCUT2D eigenvalue weighted by atomic mass is 10.1. The van der Waals surface area contributed by atoms with Crippen molar-refractivity contribution >= 4 is 11.4 Å². The molecule has 1 aliphatic heterocycles. The van der Waals surface area contributed by atoms with E-state index in [4.69, 9.17) is 5.73 Å². The maximum Gasteiger partial charge on any atom is 0.123 e. The number of fused-ring (bicyclic) bond motifs is 1. The summed E-state index contributed by atoms with van der Waals surface area (Å²) in [4.78, 5) is 2.21. The Kier molecular flexibility index (Phi) is 2.25. The smallest absolute Gasteiger partial charge is 0.123 e. The van der Waals surface area contributed by atoms with E-state index < -0.39 is 0 Å². The van der Waals surface area contributed by atoms with Crippen LogP contribution in [-0.4, -0.2) is 0 Å². The predicted octanol–water partition coefficient (Wildman–Crippen LogP) is 2.93. The lowest BCUT2D eigenvalue weighted by molar-refractivity contribution is 0.627. The number of halogens is 1. The Hall–Kier alpha value is -2.03. The molecule has 0 amide bonds. The number of nitrogen functional groups attached to an aromatic ring is 1. The van der Waals surface area contributed by atoms with Gasteiger partial charge in [0.05, 0.1) is 0 Å². The second-order valence-electron chi connectivity index (χ2n) is 4.36. The standard InChI is InChI=1S/C14H13FN2/c15-12-2-5-14(6-3-12)17-8-10-1-4-13(16)7-11(10)9-17/h1-7H,8-9,16H2. The zero-order valence-corrected chi connectivity index (χ0v) is 9.36. The Morgan fingerprint density at radius 1 is 0.941 bits per heavy atom. The lowest BCUT2D eigenvalue weighted by Crippen LogP contribution is -2.14. The molecule has 0 unspecified atom stereocenters. The Morgan fingerprint density at radius 3 is 2.41 bits per heavy atom. The van der Waals surface area contributed by atoms with Gasteiger partial charge in [-0.25, -0.2) is 4.39 Å². The normalized spacial score (nSPS) is 13.8. The Morgan fingerprint density at radius 2 is 1.65 bits per heavy atom. The fourth-order valence-corrected chi connectivity index (χ4v) is 2.25. The van der Waals surface area contributed by atoms with Gasteiger partial charge in [0.2, 0.25) is 0 Å². The van der Waals surface area contributed by atoms with Gasteiger partial charge in [0, 0.05) is 24.5 Å². The van der Waals surface area contributed by atoms with Crippen molar-refractivity contribution in [2.75, 3.05) is 10.6 Å². The third-order valence-corrected chi connectivity index (χ3v) is 3.14. The molecule has 1 heterocycles. The Bertz CT molecular complexity index is 549. The molecule has 0 aliphatic carbocycles. The number of nitrogens with zero attached hydrogens (tertiary/aromatic N) is 1. The maximum atomic E-state index is 12.9. The highest BCUT2D eigenvalue weighted by atomic mass is 19.1. The van der Waals surface area contributed by atoms with Crippen molar-refractivity contribution in [3.05, 3.63) is 59.4 Å². The highest BCUT2D eigenvalue weighted by Gasteiger charge is 2.18. The first-order valence-corrected chi connectivity index (χ1v) is 5.60. The number of anilines is 2. The largest absolute Gasteiger partial charge is 0.399 e. The first kappa shape index (κ1) is 10.1. The molecule has 17 heavy (non-hydrogen) atoms. The van der Waals surface area contributed by atoms with E-state index in [1.54, 1.807) is 0 Å². The van der Waals surface area contributed by atoms with Crippen LogP contribution in [0.3, 0.4) is 0 Å². The molecule has 2 aromatic carbocycles. The van der Waals surface area contributed by atoms with Crippen LogP contribution >= 0.6 is 0 Å². The number of rotatable bonds is 1. The van der Waals surface area contributed by atoms with E-state index in [0.29, 0.717) is 0 Å². The molecule has 1 aliphatic rings. The topological polar surface area (TPSA) is 29.3 Å². The second kappa shape index (κ2) is 3.77. The van der Waals surface area contributed by atoms with Gasteiger partial charge < -0.3 is 10.6 Å². The van der Waals surface area contributed by atoms with Crippen molar-refractivity contribution in [2.45, 2.75) is 13.1 Å². The number of hydrogen-bond acceptors (Lipinski definition) is 2. The molecule has 2 nitrogen and oxygen atoms in total. The first-order chi connectivity index (χ1) is 8.22. The molecule has 0 aromatic heterocycles. The van der Waals surface area contributed by atoms with E-state index in [-0.39, 0.29) is 5.82 Å². The zero-order chi connectivity index (χ0) is 11.8. The summed E-state index contributed by atoms with van der Waals surface area (Å²) >= 11 is 0. The molecule has 0 bridgehead atoms. The second-order valence-corrected chi connectivity index (χ2v) is 4.36. The molecular weight excluding hydrogens is 215 g/mol. The SMILES string of the molecule is Nc1ccc2c(c1)CN(c1ccc(F)cc1)C2. The van der Waals surface area contributed by atoms with E-state index in [1.165, 1.54) is 23.3 Å². The van der Waals surface area contributed by atoms with Crippen molar-refractivity contribution in [3.8, 4) is 0 Å². The number of hydrogen-bond donors (Lipinski definition) is 1. The molecule has 0 radical (unpaired) electrons. The van der Waals surface area contributed by atoms with E-state index in [9.17, 15) is 4.39 Å². The molecule has 0 saturated heterocycles. The fourth-order valence-electron chi connectivity index (χ4n) is 2.25. The lowest BCUT2D eigenvalue weighted by Gasteiger charge is -2.17. The van der Waals surface area contributed by atoms with E-state index in [1.807, 2.05) is 24.3 Å². The number of nitrogens with two attached hydrogens (primary N) is 1. The summed E-state index contributed by atoms with van der Waals surface area (Å²) < 4.78 is 12.9. The minimum atomic E-state index is -0.199. The summed E-state index contributed by atoms with van der Waals surface area (Å²) in [5, 5.41) is 0. The third-order valence-electron chi connectivity index (χ3n) is 3.14. The van der Waals surface area contributed by atoms with Crippen LogP contribution in [0.1, 0.15) is 11.1 Å². The molecule has 2 N–H and O–H groups in total. The Balaban J connectivity index is 1.88. The van der Waals surface area contributed by atoms with Crippen molar-refractivity contribution in [3.63, 3.8) is 0 Å². The van der Waals surface area contributed by atoms with E-state index in [2.05, 4.69) is 11.0 Å². The van der Waals surface area contributed by atoms with Crippen molar-refractivity contribution in [1.29, 1.82) is 0 Å². The van der Waals surface area contributed by atoms with Crippen molar-refractivity contribution in [1.82, 2.24) is 0 Å². The van der Waals surface area contributed by atoms with Crippen molar-refractivity contribution in [2.24, 2.45) is 0 Å². The van der Waals surface area contributed by atoms with Crippen LogP contribution in [0.15, 0.2) is 42.5 Å².